The summed E-state index contributed by atoms with van der Waals surface area (Å²) in [6.45, 7) is 1.91. The first kappa shape index (κ1) is 20.0. The second-order valence-electron chi connectivity index (χ2n) is 8.32. The van der Waals surface area contributed by atoms with Crippen molar-refractivity contribution in [1.29, 1.82) is 0 Å². The summed E-state index contributed by atoms with van der Waals surface area (Å²) in [5, 5.41) is 13.5. The average Bonchev–Trinajstić information content (AvgIpc) is 3.22. The zero-order valence-corrected chi connectivity index (χ0v) is 16.8. The number of likely N-dealkylation sites (tertiary alicyclic amines) is 1. The molecule has 1 saturated heterocycles. The maximum Gasteiger partial charge on any atom is 0.231 e. The molecule has 0 bridgehead atoms. The molecule has 7 nitrogen and oxygen atoms in total. The lowest BCUT2D eigenvalue weighted by Gasteiger charge is -2.36. The lowest BCUT2D eigenvalue weighted by molar-refractivity contribution is -0.139. The van der Waals surface area contributed by atoms with Gasteiger partial charge in [0.15, 0.2) is 11.5 Å². The summed E-state index contributed by atoms with van der Waals surface area (Å²) in [4.78, 5) is 27.0. The minimum atomic E-state index is -0.669. The van der Waals surface area contributed by atoms with Crippen molar-refractivity contribution in [2.75, 3.05) is 19.9 Å². The Labute approximate surface area is 171 Å². The number of aryl methyl sites for hydroxylation is 1. The van der Waals surface area contributed by atoms with Crippen LogP contribution in [0, 0.1) is 5.92 Å². The first-order valence-corrected chi connectivity index (χ1v) is 10.7. The Kier molecular flexibility index (Phi) is 6.23. The zero-order chi connectivity index (χ0) is 20.2. The Morgan fingerprint density at radius 1 is 1.10 bits per heavy atom. The molecule has 2 aliphatic heterocycles. The molecule has 1 aromatic carbocycles. The third kappa shape index (κ3) is 4.83. The summed E-state index contributed by atoms with van der Waals surface area (Å²) in [6.07, 6.45) is 5.41. The summed E-state index contributed by atoms with van der Waals surface area (Å²) in [5.41, 5.74) is 1.01. The van der Waals surface area contributed by atoms with E-state index in [1.54, 1.807) is 0 Å². The van der Waals surface area contributed by atoms with Crippen molar-refractivity contribution in [2.24, 2.45) is 5.92 Å². The van der Waals surface area contributed by atoms with Crippen LogP contribution in [0.2, 0.25) is 0 Å². The van der Waals surface area contributed by atoms with Crippen LogP contribution >= 0.6 is 0 Å². The highest BCUT2D eigenvalue weighted by Gasteiger charge is 2.35. The summed E-state index contributed by atoms with van der Waals surface area (Å²) >= 11 is 0. The van der Waals surface area contributed by atoms with Gasteiger partial charge in [0.25, 0.3) is 0 Å². The molecule has 158 valence electrons. The Morgan fingerprint density at radius 2 is 1.90 bits per heavy atom. The van der Waals surface area contributed by atoms with Gasteiger partial charge in [0, 0.05) is 25.4 Å². The molecule has 2 fully saturated rings. The van der Waals surface area contributed by atoms with Crippen LogP contribution in [0.4, 0.5) is 0 Å². The van der Waals surface area contributed by atoms with Crippen molar-refractivity contribution in [3.63, 3.8) is 0 Å². The number of fused-ring (bicyclic) bond motifs is 1. The molecule has 2 N–H and O–H groups in total. The number of carbonyl (C=O) groups excluding carboxylic acids is 2. The van der Waals surface area contributed by atoms with Crippen molar-refractivity contribution in [3.05, 3.63) is 23.8 Å². The molecule has 2 amide bonds. The van der Waals surface area contributed by atoms with E-state index in [-0.39, 0.29) is 30.6 Å². The van der Waals surface area contributed by atoms with E-state index in [4.69, 9.17) is 9.47 Å². The number of nitrogens with one attached hydrogen (secondary N) is 1. The number of carbonyl (C=O) groups is 2. The van der Waals surface area contributed by atoms with Gasteiger partial charge in [-0.1, -0.05) is 6.07 Å². The third-order valence-corrected chi connectivity index (χ3v) is 6.26. The van der Waals surface area contributed by atoms with Gasteiger partial charge in [0.1, 0.15) is 0 Å². The Balaban J connectivity index is 1.22. The van der Waals surface area contributed by atoms with Crippen molar-refractivity contribution in [2.45, 2.75) is 63.5 Å². The smallest absolute Gasteiger partial charge is 0.231 e. The molecule has 1 aromatic rings. The van der Waals surface area contributed by atoms with E-state index in [9.17, 15) is 14.7 Å². The Hall–Kier alpha value is -2.28. The number of benzene rings is 1. The molecule has 0 radical (unpaired) electrons. The van der Waals surface area contributed by atoms with E-state index in [2.05, 4.69) is 5.32 Å². The number of nitrogens with zero attached hydrogens (tertiary/aromatic N) is 1. The van der Waals surface area contributed by atoms with Crippen LogP contribution in [0.25, 0.3) is 0 Å². The SMILES string of the molecule is O=C(CCc1ccc2c(c1)OCO2)N[C@H]1CC[C@H](C(=O)N2CCCCC2)C[C@@H]1O. The quantitative estimate of drug-likeness (QED) is 0.787. The van der Waals surface area contributed by atoms with E-state index in [1.807, 2.05) is 23.1 Å². The Morgan fingerprint density at radius 3 is 2.69 bits per heavy atom. The van der Waals surface area contributed by atoms with Gasteiger partial charge in [-0.25, -0.2) is 0 Å². The molecule has 3 aliphatic rings. The van der Waals surface area contributed by atoms with Gasteiger partial charge < -0.3 is 24.8 Å². The molecule has 1 aliphatic carbocycles. The maximum absolute atomic E-state index is 12.7. The molecule has 0 unspecified atom stereocenters. The van der Waals surface area contributed by atoms with Crippen molar-refractivity contribution in [1.82, 2.24) is 10.2 Å². The normalized spacial score (nSPS) is 26.2. The number of amides is 2. The lowest BCUT2D eigenvalue weighted by atomic mass is 9.82. The fourth-order valence-corrected chi connectivity index (χ4v) is 4.55. The highest BCUT2D eigenvalue weighted by molar-refractivity contribution is 5.79. The second kappa shape index (κ2) is 9.03. The van der Waals surface area contributed by atoms with Crippen LogP contribution in [0.5, 0.6) is 11.5 Å². The number of ether oxygens (including phenoxy) is 2. The third-order valence-electron chi connectivity index (χ3n) is 6.26. The first-order chi connectivity index (χ1) is 14.1. The topological polar surface area (TPSA) is 88.1 Å². The summed E-state index contributed by atoms with van der Waals surface area (Å²) in [5.74, 6) is 1.43. The van der Waals surface area contributed by atoms with E-state index in [0.29, 0.717) is 25.7 Å². The second-order valence-corrected chi connectivity index (χ2v) is 8.32. The molecule has 3 atom stereocenters. The molecular weight excluding hydrogens is 372 g/mol. The van der Waals surface area contributed by atoms with Crippen LogP contribution in [0.1, 0.15) is 50.5 Å². The molecule has 7 heteroatoms. The largest absolute Gasteiger partial charge is 0.454 e. The molecule has 0 aromatic heterocycles. The average molecular weight is 402 g/mol. The van der Waals surface area contributed by atoms with Gasteiger partial charge in [-0.2, -0.15) is 0 Å². The highest BCUT2D eigenvalue weighted by Crippen LogP contribution is 2.33. The predicted molar refractivity (Wildman–Crippen MR) is 107 cm³/mol. The van der Waals surface area contributed by atoms with Gasteiger partial charge >= 0.3 is 0 Å². The molecular formula is C22H30N2O5. The fourth-order valence-electron chi connectivity index (χ4n) is 4.55. The molecule has 2 heterocycles. The molecule has 29 heavy (non-hydrogen) atoms. The zero-order valence-electron chi connectivity index (χ0n) is 16.8. The summed E-state index contributed by atoms with van der Waals surface area (Å²) in [6, 6.07) is 5.43. The summed E-state index contributed by atoms with van der Waals surface area (Å²) < 4.78 is 10.7. The van der Waals surface area contributed by atoms with Gasteiger partial charge in [0.2, 0.25) is 18.6 Å². The summed E-state index contributed by atoms with van der Waals surface area (Å²) in [7, 11) is 0. The van der Waals surface area contributed by atoms with Crippen LogP contribution in [0.3, 0.4) is 0 Å². The standard InChI is InChI=1S/C22H30N2O5/c25-18-13-16(22(27)24-10-2-1-3-11-24)6-7-17(18)23-21(26)9-5-15-4-8-19-20(12-15)29-14-28-19/h4,8,12,16-18,25H,1-3,5-7,9-11,13-14H2,(H,23,26)/t16-,17-,18-/m0/s1. The monoisotopic (exact) mass is 402 g/mol. The van der Waals surface area contributed by atoms with Gasteiger partial charge in [-0.15, -0.1) is 0 Å². The van der Waals surface area contributed by atoms with Crippen LogP contribution in [0.15, 0.2) is 18.2 Å². The highest BCUT2D eigenvalue weighted by atomic mass is 16.7. The van der Waals surface area contributed by atoms with Gasteiger partial charge in [-0.05, 0) is 62.6 Å². The lowest BCUT2D eigenvalue weighted by Crippen LogP contribution is -2.50. The number of hydrogen-bond acceptors (Lipinski definition) is 5. The minimum absolute atomic E-state index is 0.0764. The predicted octanol–water partition coefficient (Wildman–Crippen LogP) is 2.01. The molecule has 0 spiro atoms. The van der Waals surface area contributed by atoms with Crippen molar-refractivity contribution in [3.8, 4) is 11.5 Å². The Bertz CT molecular complexity index is 747. The minimum Gasteiger partial charge on any atom is -0.454 e. The van der Waals surface area contributed by atoms with E-state index in [0.717, 1.165) is 49.4 Å². The fraction of sp³-hybridized carbons (Fsp3) is 0.636. The van der Waals surface area contributed by atoms with Gasteiger partial charge in [-0.3, -0.25) is 9.59 Å². The number of piperidine rings is 1. The van der Waals surface area contributed by atoms with Gasteiger partial charge in [0.05, 0.1) is 12.1 Å². The van der Waals surface area contributed by atoms with Crippen LogP contribution in [-0.2, 0) is 16.0 Å². The number of rotatable bonds is 5. The number of hydrogen-bond donors (Lipinski definition) is 2. The molecule has 1 saturated carbocycles. The first-order valence-electron chi connectivity index (χ1n) is 10.7. The maximum atomic E-state index is 12.7. The van der Waals surface area contributed by atoms with E-state index >= 15 is 0 Å². The van der Waals surface area contributed by atoms with Crippen molar-refractivity contribution < 1.29 is 24.2 Å². The van der Waals surface area contributed by atoms with Crippen molar-refractivity contribution >= 4 is 11.8 Å². The van der Waals surface area contributed by atoms with E-state index < -0.39 is 6.10 Å². The molecule has 4 rings (SSSR count). The number of aliphatic hydroxyl groups excluding tert-OH is 1. The van der Waals surface area contributed by atoms with Crippen LogP contribution in [-0.4, -0.2) is 53.8 Å². The van der Waals surface area contributed by atoms with E-state index in [1.165, 1.54) is 6.42 Å². The van der Waals surface area contributed by atoms with Crippen LogP contribution < -0.4 is 14.8 Å². The number of aliphatic hydroxyl groups is 1.